The Labute approximate surface area is 290 Å². The summed E-state index contributed by atoms with van der Waals surface area (Å²) in [5.41, 5.74) is -4.86. The number of carbonyl (C=O) groups excluding carboxylic acids is 1. The molecule has 0 spiro atoms. The molecule has 1 fully saturated rings. The minimum absolute atomic E-state index is 0.00510. The summed E-state index contributed by atoms with van der Waals surface area (Å²) in [6, 6.07) is 5.98. The molecule has 6 rings (SSSR count). The fourth-order valence-corrected chi connectivity index (χ4v) is 6.61. The molecule has 2 aliphatic heterocycles. The SMILES string of the molecule is Cc1cccc2c1-c1cc(C(F)F)c(F)c(c1)[C@H](CC(O)O)NC(=O)[C@@H](n1cc(CCN3CC(F)C3)c(C(F)(F)F)cc1=O)c1cc(ccc1F)O2. The van der Waals surface area contributed by atoms with Gasteiger partial charge in [-0.2, -0.15) is 13.2 Å². The van der Waals surface area contributed by atoms with Crippen LogP contribution in [0.4, 0.5) is 35.1 Å². The molecule has 0 aliphatic carbocycles. The van der Waals surface area contributed by atoms with E-state index in [4.69, 9.17) is 4.74 Å². The lowest BCUT2D eigenvalue weighted by Gasteiger charge is -2.34. The molecule has 276 valence electrons. The lowest BCUT2D eigenvalue weighted by Crippen LogP contribution is -2.49. The minimum Gasteiger partial charge on any atom is -0.457 e. The smallest absolute Gasteiger partial charge is 0.416 e. The fourth-order valence-electron chi connectivity index (χ4n) is 6.61. The molecule has 3 N–H and O–H groups in total. The maximum atomic E-state index is 15.9. The van der Waals surface area contributed by atoms with Crippen molar-refractivity contribution < 1.29 is 54.9 Å². The summed E-state index contributed by atoms with van der Waals surface area (Å²) >= 11 is 0. The highest BCUT2D eigenvalue weighted by molar-refractivity contribution is 5.85. The van der Waals surface area contributed by atoms with Crippen molar-refractivity contribution in [1.82, 2.24) is 14.8 Å². The number of aliphatic hydroxyl groups is 2. The first kappa shape index (κ1) is 37.0. The van der Waals surface area contributed by atoms with E-state index in [-0.39, 0.29) is 54.7 Å². The molecule has 3 heterocycles. The average molecular weight is 738 g/mol. The molecule has 1 saturated heterocycles. The van der Waals surface area contributed by atoms with Crippen molar-refractivity contribution >= 4 is 5.91 Å². The maximum Gasteiger partial charge on any atom is 0.416 e. The molecule has 0 radical (unpaired) electrons. The molecule has 0 saturated carbocycles. The first-order valence-electron chi connectivity index (χ1n) is 16.1. The Bertz CT molecular complexity index is 2060. The van der Waals surface area contributed by atoms with Gasteiger partial charge in [-0.05, 0) is 66.4 Å². The van der Waals surface area contributed by atoms with E-state index in [2.05, 4.69) is 5.32 Å². The number of fused-ring (bicyclic) bond motifs is 6. The summed E-state index contributed by atoms with van der Waals surface area (Å²) in [6.07, 6.45) is -12.3. The number of hydrogen-bond donors (Lipinski definition) is 3. The highest BCUT2D eigenvalue weighted by Gasteiger charge is 2.38. The number of pyridine rings is 1. The molecule has 1 aromatic heterocycles. The monoisotopic (exact) mass is 737 g/mol. The Morgan fingerprint density at radius 3 is 2.38 bits per heavy atom. The van der Waals surface area contributed by atoms with Crippen molar-refractivity contribution in [2.24, 2.45) is 0 Å². The van der Waals surface area contributed by atoms with Gasteiger partial charge in [-0.1, -0.05) is 12.1 Å². The number of carbonyl (C=O) groups is 1. The summed E-state index contributed by atoms with van der Waals surface area (Å²) in [5.74, 6) is -4.05. The fraction of sp³-hybridized carbons (Fsp3) is 0.333. The largest absolute Gasteiger partial charge is 0.457 e. The zero-order chi connectivity index (χ0) is 37.6. The van der Waals surface area contributed by atoms with Crippen molar-refractivity contribution in [2.75, 3.05) is 19.6 Å². The number of nitrogens with zero attached hydrogens (tertiary/aromatic N) is 2. The number of benzene rings is 3. The van der Waals surface area contributed by atoms with Gasteiger partial charge in [0, 0.05) is 55.0 Å². The van der Waals surface area contributed by atoms with Crippen molar-refractivity contribution in [3.63, 3.8) is 0 Å². The molecule has 0 unspecified atom stereocenters. The van der Waals surface area contributed by atoms with Crippen LogP contribution in [0.2, 0.25) is 0 Å². The van der Waals surface area contributed by atoms with E-state index in [9.17, 15) is 46.1 Å². The molecule has 3 aromatic carbocycles. The molecular formula is C36H31F8N3O5. The Kier molecular flexibility index (Phi) is 10.2. The number of aryl methyl sites for hydroxylation is 1. The molecule has 8 nitrogen and oxygen atoms in total. The molecule has 2 aliphatic rings. The van der Waals surface area contributed by atoms with E-state index in [1.54, 1.807) is 19.1 Å². The lowest BCUT2D eigenvalue weighted by molar-refractivity contribution is -0.138. The van der Waals surface area contributed by atoms with Gasteiger partial charge in [0.15, 0.2) is 6.29 Å². The lowest BCUT2D eigenvalue weighted by atomic mass is 9.91. The van der Waals surface area contributed by atoms with Crippen LogP contribution in [0, 0.1) is 18.6 Å². The van der Waals surface area contributed by atoms with E-state index < -0.39 is 94.5 Å². The van der Waals surface area contributed by atoms with Crippen LogP contribution in [-0.4, -0.2) is 57.7 Å². The van der Waals surface area contributed by atoms with Crippen LogP contribution in [0.3, 0.4) is 0 Å². The van der Waals surface area contributed by atoms with E-state index in [1.165, 1.54) is 11.0 Å². The van der Waals surface area contributed by atoms with Crippen molar-refractivity contribution in [2.45, 2.75) is 56.9 Å². The van der Waals surface area contributed by atoms with Gasteiger partial charge < -0.3 is 20.3 Å². The number of hydrogen-bond acceptors (Lipinski definition) is 6. The van der Waals surface area contributed by atoms with Crippen LogP contribution in [0.15, 0.2) is 65.6 Å². The molecule has 4 aromatic rings. The molecule has 2 atom stereocenters. The van der Waals surface area contributed by atoms with Crippen LogP contribution >= 0.6 is 0 Å². The standard InChI is InChI=1S/C36H31F8N3O5/c1-17-3-2-4-28-31(17)19-9-23(32(39)24(10-19)34(40)41)27(13-30(49)50)45-35(51)33(22-11-21(52-28)5-6-26(22)38)47-14-18(7-8-46-15-20(37)16-46)25(12-29(47)48)36(42,43)44/h2-6,9-12,14,20,27,30,33-34,49-50H,7-8,13,15-16H2,1H3,(H,45,51)/t27-,33-/m0/s1. The topological polar surface area (TPSA) is 104 Å². The van der Waals surface area contributed by atoms with Gasteiger partial charge >= 0.3 is 6.18 Å². The van der Waals surface area contributed by atoms with E-state index in [0.717, 1.165) is 36.5 Å². The van der Waals surface area contributed by atoms with Gasteiger partial charge in [0.1, 0.15) is 35.3 Å². The zero-order valence-electron chi connectivity index (χ0n) is 27.2. The predicted octanol–water partition coefficient (Wildman–Crippen LogP) is 6.51. The number of alkyl halides is 6. The first-order chi connectivity index (χ1) is 24.5. The van der Waals surface area contributed by atoms with Crippen LogP contribution < -0.4 is 15.6 Å². The summed E-state index contributed by atoms with van der Waals surface area (Å²) in [5, 5.41) is 22.2. The first-order valence-corrected chi connectivity index (χ1v) is 16.1. The highest BCUT2D eigenvalue weighted by atomic mass is 19.4. The second kappa shape index (κ2) is 14.3. The van der Waals surface area contributed by atoms with E-state index in [1.807, 2.05) is 0 Å². The Balaban J connectivity index is 1.60. The van der Waals surface area contributed by atoms with Crippen molar-refractivity contribution in [3.05, 3.63) is 116 Å². The summed E-state index contributed by atoms with van der Waals surface area (Å²) in [4.78, 5) is 29.3. The molecule has 4 bridgehead atoms. The number of aromatic nitrogens is 1. The Morgan fingerprint density at radius 2 is 1.73 bits per heavy atom. The number of halogens is 8. The second-order valence-electron chi connectivity index (χ2n) is 12.7. The van der Waals surface area contributed by atoms with Gasteiger partial charge in [-0.15, -0.1) is 0 Å². The Hall–Kier alpha value is -4.80. The molecule has 1 amide bonds. The summed E-state index contributed by atoms with van der Waals surface area (Å²) in [7, 11) is 0. The predicted molar refractivity (Wildman–Crippen MR) is 171 cm³/mol. The highest BCUT2D eigenvalue weighted by Crippen LogP contribution is 2.42. The normalized spacial score (nSPS) is 18.2. The molecule has 16 heteroatoms. The van der Waals surface area contributed by atoms with Gasteiger partial charge in [-0.3, -0.25) is 19.1 Å². The zero-order valence-corrected chi connectivity index (χ0v) is 27.2. The minimum atomic E-state index is -5.03. The maximum absolute atomic E-state index is 15.9. The number of amides is 1. The third-order valence-corrected chi connectivity index (χ3v) is 9.12. The van der Waals surface area contributed by atoms with Gasteiger partial charge in [0.25, 0.3) is 12.0 Å². The number of likely N-dealkylation sites (tertiary alicyclic amines) is 1. The molecule has 52 heavy (non-hydrogen) atoms. The summed E-state index contributed by atoms with van der Waals surface area (Å²) < 4.78 is 123. The van der Waals surface area contributed by atoms with Crippen LogP contribution in [0.5, 0.6) is 11.5 Å². The summed E-state index contributed by atoms with van der Waals surface area (Å²) in [6.45, 7) is 1.53. The average Bonchev–Trinajstić information content (AvgIpc) is 3.04. The van der Waals surface area contributed by atoms with E-state index >= 15 is 8.78 Å². The van der Waals surface area contributed by atoms with Crippen LogP contribution in [-0.2, 0) is 17.4 Å². The molecular weight excluding hydrogens is 706 g/mol. The van der Waals surface area contributed by atoms with Crippen molar-refractivity contribution in [1.29, 1.82) is 0 Å². The van der Waals surface area contributed by atoms with Crippen LogP contribution in [0.1, 0.15) is 58.3 Å². The number of ether oxygens (including phenoxy) is 1. The second-order valence-corrected chi connectivity index (χ2v) is 12.7. The Morgan fingerprint density at radius 1 is 1.00 bits per heavy atom. The van der Waals surface area contributed by atoms with Crippen molar-refractivity contribution in [3.8, 4) is 22.6 Å². The van der Waals surface area contributed by atoms with Crippen LogP contribution in [0.25, 0.3) is 11.1 Å². The third-order valence-electron chi connectivity index (χ3n) is 9.12. The quantitative estimate of drug-likeness (QED) is 0.148. The number of nitrogens with one attached hydrogen (secondary N) is 1. The third kappa shape index (κ3) is 7.41. The van der Waals surface area contributed by atoms with Gasteiger partial charge in [0.05, 0.1) is 17.2 Å². The number of aliphatic hydroxyl groups excluding tert-OH is 1. The number of rotatable bonds is 7. The van der Waals surface area contributed by atoms with Gasteiger partial charge in [-0.25, -0.2) is 22.0 Å². The van der Waals surface area contributed by atoms with Gasteiger partial charge in [0.2, 0.25) is 5.91 Å². The van der Waals surface area contributed by atoms with E-state index in [0.29, 0.717) is 10.1 Å².